The molecule has 2 heterocycles. The molecule has 102 valence electrons. The molecular weight excluding hydrogens is 291 g/mol. The molecule has 1 atom stereocenters. The first-order valence-electron chi connectivity index (χ1n) is 5.80. The highest BCUT2D eigenvalue weighted by atomic mass is 35.5. The number of hydrogen-bond donors (Lipinski definition) is 1. The molecule has 2 rings (SSSR count). The lowest BCUT2D eigenvalue weighted by molar-refractivity contribution is 0.461. The highest BCUT2D eigenvalue weighted by Gasteiger charge is 2.23. The van der Waals surface area contributed by atoms with E-state index in [2.05, 4.69) is 14.9 Å². The van der Waals surface area contributed by atoms with Gasteiger partial charge in [-0.2, -0.15) is 0 Å². The highest BCUT2D eigenvalue weighted by molar-refractivity contribution is 7.98. The van der Waals surface area contributed by atoms with E-state index in [-0.39, 0.29) is 12.4 Å². The van der Waals surface area contributed by atoms with E-state index in [1.54, 1.807) is 0 Å². The van der Waals surface area contributed by atoms with E-state index in [0.29, 0.717) is 22.9 Å². The van der Waals surface area contributed by atoms with Crippen molar-refractivity contribution in [3.8, 4) is 0 Å². The number of halogens is 2. The van der Waals surface area contributed by atoms with Crippen LogP contribution in [0.3, 0.4) is 0 Å². The van der Waals surface area contributed by atoms with Crippen LogP contribution >= 0.6 is 35.8 Å². The molecule has 0 aromatic carbocycles. The standard InChI is InChI=1S/C11H17ClN4S.ClH/c1-17-11-14-9(12)6-10(15-11)16-5-3-2-4-8(16)7-13;/h6,8H,2-5,7,13H2,1H3;1H. The summed E-state index contributed by atoms with van der Waals surface area (Å²) in [5.41, 5.74) is 5.82. The molecule has 4 nitrogen and oxygen atoms in total. The van der Waals surface area contributed by atoms with Gasteiger partial charge in [-0.3, -0.25) is 0 Å². The second-order valence-corrected chi connectivity index (χ2v) is 5.27. The molecule has 1 fully saturated rings. The summed E-state index contributed by atoms with van der Waals surface area (Å²) < 4.78 is 0. The van der Waals surface area contributed by atoms with Crippen LogP contribution < -0.4 is 10.6 Å². The Balaban J connectivity index is 0.00000162. The summed E-state index contributed by atoms with van der Waals surface area (Å²) in [5.74, 6) is 0.907. The molecule has 0 spiro atoms. The van der Waals surface area contributed by atoms with E-state index in [1.807, 2.05) is 12.3 Å². The molecule has 0 amide bonds. The van der Waals surface area contributed by atoms with Gasteiger partial charge in [-0.15, -0.1) is 12.4 Å². The van der Waals surface area contributed by atoms with Gasteiger partial charge < -0.3 is 10.6 Å². The molecule has 1 aliphatic heterocycles. The Kier molecular flexibility index (Phi) is 6.49. The first-order chi connectivity index (χ1) is 8.24. The fraction of sp³-hybridized carbons (Fsp3) is 0.636. The van der Waals surface area contributed by atoms with Crippen LogP contribution in [-0.4, -0.2) is 35.4 Å². The van der Waals surface area contributed by atoms with Gasteiger partial charge in [0.25, 0.3) is 0 Å². The monoisotopic (exact) mass is 308 g/mol. The van der Waals surface area contributed by atoms with Crippen LogP contribution in [0.25, 0.3) is 0 Å². The fourth-order valence-electron chi connectivity index (χ4n) is 2.17. The normalized spacial score (nSPS) is 19.5. The first kappa shape index (κ1) is 15.8. The molecule has 2 N–H and O–H groups in total. The first-order valence-corrected chi connectivity index (χ1v) is 7.40. The minimum atomic E-state index is 0. The van der Waals surface area contributed by atoms with E-state index in [1.165, 1.54) is 24.6 Å². The molecule has 1 unspecified atom stereocenters. The average Bonchev–Trinajstić information content (AvgIpc) is 2.37. The Labute approximate surface area is 123 Å². The number of rotatable bonds is 3. The third-order valence-electron chi connectivity index (χ3n) is 3.04. The molecule has 0 radical (unpaired) electrons. The quantitative estimate of drug-likeness (QED) is 0.528. The van der Waals surface area contributed by atoms with Gasteiger partial charge in [-0.25, -0.2) is 9.97 Å². The van der Waals surface area contributed by atoms with Crippen molar-refractivity contribution in [2.75, 3.05) is 24.2 Å². The SMILES string of the molecule is CSc1nc(Cl)cc(N2CCCCC2CN)n1.Cl. The van der Waals surface area contributed by atoms with Crippen LogP contribution in [-0.2, 0) is 0 Å². The summed E-state index contributed by atoms with van der Waals surface area (Å²) in [7, 11) is 0. The van der Waals surface area contributed by atoms with Crippen molar-refractivity contribution in [2.45, 2.75) is 30.5 Å². The maximum Gasteiger partial charge on any atom is 0.190 e. The van der Waals surface area contributed by atoms with Crippen LogP contribution in [0.15, 0.2) is 11.2 Å². The zero-order valence-corrected chi connectivity index (χ0v) is 12.7. The van der Waals surface area contributed by atoms with E-state index < -0.39 is 0 Å². The number of anilines is 1. The van der Waals surface area contributed by atoms with Gasteiger partial charge in [-0.1, -0.05) is 23.4 Å². The van der Waals surface area contributed by atoms with Gasteiger partial charge >= 0.3 is 0 Å². The average molecular weight is 309 g/mol. The Morgan fingerprint density at radius 1 is 1.50 bits per heavy atom. The van der Waals surface area contributed by atoms with Gasteiger partial charge in [0, 0.05) is 25.2 Å². The number of hydrogen-bond acceptors (Lipinski definition) is 5. The van der Waals surface area contributed by atoms with Crippen molar-refractivity contribution in [1.82, 2.24) is 9.97 Å². The summed E-state index contributed by atoms with van der Waals surface area (Å²) in [6, 6.07) is 2.21. The van der Waals surface area contributed by atoms with Gasteiger partial charge in [0.2, 0.25) is 0 Å². The Hall–Kier alpha value is -0.230. The predicted octanol–water partition coefficient (Wildman–Crippen LogP) is 2.59. The van der Waals surface area contributed by atoms with E-state index in [4.69, 9.17) is 17.3 Å². The predicted molar refractivity (Wildman–Crippen MR) is 80.1 cm³/mol. The molecule has 1 aliphatic rings. The lowest BCUT2D eigenvalue weighted by Gasteiger charge is -2.36. The number of nitrogens with zero attached hydrogens (tertiary/aromatic N) is 3. The molecule has 7 heteroatoms. The number of nitrogens with two attached hydrogens (primary N) is 1. The van der Waals surface area contributed by atoms with Crippen LogP contribution in [0.4, 0.5) is 5.82 Å². The molecule has 0 bridgehead atoms. The van der Waals surface area contributed by atoms with Crippen molar-refractivity contribution in [3.63, 3.8) is 0 Å². The summed E-state index contributed by atoms with van der Waals surface area (Å²) in [6.45, 7) is 1.67. The van der Waals surface area contributed by atoms with E-state index >= 15 is 0 Å². The van der Waals surface area contributed by atoms with Crippen molar-refractivity contribution in [3.05, 3.63) is 11.2 Å². The summed E-state index contributed by atoms with van der Waals surface area (Å²) in [5, 5.41) is 1.22. The van der Waals surface area contributed by atoms with Crippen LogP contribution in [0.2, 0.25) is 5.15 Å². The Bertz CT molecular complexity index is 391. The molecule has 0 saturated carbocycles. The number of thioether (sulfide) groups is 1. The maximum atomic E-state index is 6.02. The molecule has 0 aliphatic carbocycles. The highest BCUT2D eigenvalue weighted by Crippen LogP contribution is 2.26. The Morgan fingerprint density at radius 3 is 2.94 bits per heavy atom. The summed E-state index contributed by atoms with van der Waals surface area (Å²) in [6.07, 6.45) is 5.51. The van der Waals surface area contributed by atoms with Crippen LogP contribution in [0.5, 0.6) is 0 Å². The zero-order valence-electron chi connectivity index (χ0n) is 10.3. The smallest absolute Gasteiger partial charge is 0.190 e. The van der Waals surface area contributed by atoms with Crippen molar-refractivity contribution in [1.29, 1.82) is 0 Å². The fourth-order valence-corrected chi connectivity index (χ4v) is 2.77. The third-order valence-corrected chi connectivity index (χ3v) is 3.78. The lowest BCUT2D eigenvalue weighted by Crippen LogP contribution is -2.44. The minimum absolute atomic E-state index is 0. The summed E-state index contributed by atoms with van der Waals surface area (Å²) in [4.78, 5) is 10.9. The van der Waals surface area contributed by atoms with Crippen molar-refractivity contribution < 1.29 is 0 Å². The molecule has 18 heavy (non-hydrogen) atoms. The second-order valence-electron chi connectivity index (χ2n) is 4.11. The number of aromatic nitrogens is 2. The number of piperidine rings is 1. The minimum Gasteiger partial charge on any atom is -0.352 e. The topological polar surface area (TPSA) is 55.0 Å². The molecular formula is C11H18Cl2N4S. The van der Waals surface area contributed by atoms with Crippen molar-refractivity contribution >= 4 is 41.6 Å². The van der Waals surface area contributed by atoms with Crippen LogP contribution in [0.1, 0.15) is 19.3 Å². The van der Waals surface area contributed by atoms with Gasteiger partial charge in [0.1, 0.15) is 11.0 Å². The van der Waals surface area contributed by atoms with Gasteiger partial charge in [0.05, 0.1) is 0 Å². The molecule has 1 saturated heterocycles. The summed E-state index contributed by atoms with van der Waals surface area (Å²) >= 11 is 7.52. The third kappa shape index (κ3) is 3.63. The largest absolute Gasteiger partial charge is 0.352 e. The molecule has 1 aromatic heterocycles. The van der Waals surface area contributed by atoms with E-state index in [0.717, 1.165) is 18.8 Å². The van der Waals surface area contributed by atoms with Crippen LogP contribution in [0, 0.1) is 0 Å². The second kappa shape index (κ2) is 7.38. The zero-order chi connectivity index (χ0) is 12.3. The van der Waals surface area contributed by atoms with Gasteiger partial charge in [-0.05, 0) is 25.5 Å². The van der Waals surface area contributed by atoms with Gasteiger partial charge in [0.15, 0.2) is 5.16 Å². The maximum absolute atomic E-state index is 6.02. The lowest BCUT2D eigenvalue weighted by atomic mass is 10.0. The molecule has 1 aromatic rings. The van der Waals surface area contributed by atoms with E-state index in [9.17, 15) is 0 Å². The Morgan fingerprint density at radius 2 is 2.28 bits per heavy atom. The van der Waals surface area contributed by atoms with Crippen molar-refractivity contribution in [2.24, 2.45) is 5.73 Å².